The summed E-state index contributed by atoms with van der Waals surface area (Å²) in [5.74, 6) is 0.622. The number of aromatic carboxylic acids is 1. The van der Waals surface area contributed by atoms with E-state index in [-0.39, 0.29) is 5.76 Å². The van der Waals surface area contributed by atoms with E-state index in [9.17, 15) is 4.79 Å². The Morgan fingerprint density at radius 1 is 1.08 bits per heavy atom. The molecule has 1 aromatic heterocycles. The molecule has 0 spiro atoms. The Bertz CT molecular complexity index is 885. The molecule has 1 heterocycles. The Hall–Kier alpha value is -1.99. The fourth-order valence-corrected chi connectivity index (χ4v) is 3.41. The largest absolute Gasteiger partial charge is 0.497 e. The summed E-state index contributed by atoms with van der Waals surface area (Å²) in [5.41, 5.74) is 0.447. The van der Waals surface area contributed by atoms with Crippen LogP contribution >= 0.6 is 31.9 Å². The predicted octanol–water partition coefficient (Wildman–Crippen LogP) is 6.48. The maximum atomic E-state index is 11.0. The first-order chi connectivity index (χ1) is 12.0. The molecule has 0 aliphatic heterocycles. The van der Waals surface area contributed by atoms with Gasteiger partial charge in [0.05, 0.1) is 16.1 Å². The third-order valence-corrected chi connectivity index (χ3v) is 4.54. The molecule has 3 aromatic rings. The highest BCUT2D eigenvalue weighted by atomic mass is 79.9. The zero-order chi connectivity index (χ0) is 18.6. The van der Waals surface area contributed by atoms with Gasteiger partial charge in [0.25, 0.3) is 0 Å². The van der Waals surface area contributed by atoms with Crippen LogP contribution in [0.1, 0.15) is 24.4 Å². The summed E-state index contributed by atoms with van der Waals surface area (Å²) >= 11 is 6.86. The van der Waals surface area contributed by atoms with Gasteiger partial charge in [0, 0.05) is 11.5 Å². The lowest BCUT2D eigenvalue weighted by Crippen LogP contribution is -1.91. The average molecular weight is 472 g/mol. The lowest BCUT2D eigenvalue weighted by Gasteiger charge is -2.11. The fraction of sp³-hybridized carbons (Fsp3) is 0.167. The molecule has 2 aromatic carbocycles. The van der Waals surface area contributed by atoms with Crippen molar-refractivity contribution >= 4 is 48.8 Å². The monoisotopic (exact) mass is 470 g/mol. The number of carboxylic acids is 1. The summed E-state index contributed by atoms with van der Waals surface area (Å²) in [7, 11) is 1.59. The van der Waals surface area contributed by atoms with Crippen molar-refractivity contribution in [3.05, 3.63) is 51.1 Å². The summed E-state index contributed by atoms with van der Waals surface area (Å²) in [4.78, 5) is 11.0. The number of hydrogen-bond acceptors (Lipinski definition) is 4. The van der Waals surface area contributed by atoms with Crippen LogP contribution in [-0.4, -0.2) is 18.2 Å². The lowest BCUT2D eigenvalue weighted by atomic mass is 10.2. The van der Waals surface area contributed by atoms with E-state index >= 15 is 0 Å². The zero-order valence-electron chi connectivity index (χ0n) is 13.8. The SMILES string of the molecule is CC.COc1ccc(Oc2c(Br)cc3oc(C(=O)O)cc3c2Br)cc1. The normalized spacial score (nSPS) is 10.1. The van der Waals surface area contributed by atoms with Crippen molar-refractivity contribution in [1.29, 1.82) is 0 Å². The number of furan rings is 1. The molecule has 0 aliphatic rings. The standard InChI is InChI=1S/C16H10Br2O5.C2H6/c1-21-8-2-4-9(5-3-8)22-15-11(17)7-12-10(14(15)18)6-13(23-12)16(19)20;1-2/h2-7H,1H3,(H,19,20);1-2H3. The van der Waals surface area contributed by atoms with E-state index < -0.39 is 5.97 Å². The Morgan fingerprint density at radius 3 is 2.24 bits per heavy atom. The van der Waals surface area contributed by atoms with Crippen molar-refractivity contribution in [3.63, 3.8) is 0 Å². The van der Waals surface area contributed by atoms with Crippen LogP contribution in [0.5, 0.6) is 17.2 Å². The van der Waals surface area contributed by atoms with E-state index in [1.165, 1.54) is 6.07 Å². The summed E-state index contributed by atoms with van der Waals surface area (Å²) in [6.07, 6.45) is 0. The molecule has 0 saturated heterocycles. The van der Waals surface area contributed by atoms with Gasteiger partial charge in [-0.25, -0.2) is 4.79 Å². The predicted molar refractivity (Wildman–Crippen MR) is 103 cm³/mol. The topological polar surface area (TPSA) is 68.9 Å². The van der Waals surface area contributed by atoms with Crippen LogP contribution in [-0.2, 0) is 0 Å². The minimum Gasteiger partial charge on any atom is -0.497 e. The third kappa shape index (κ3) is 4.16. The molecule has 0 unspecified atom stereocenters. The minimum absolute atomic E-state index is 0.130. The maximum Gasteiger partial charge on any atom is 0.371 e. The van der Waals surface area contributed by atoms with Gasteiger partial charge in [-0.15, -0.1) is 0 Å². The number of carboxylic acid groups (broad SMARTS) is 1. The van der Waals surface area contributed by atoms with Crippen molar-refractivity contribution in [3.8, 4) is 17.2 Å². The minimum atomic E-state index is -1.12. The van der Waals surface area contributed by atoms with Gasteiger partial charge < -0.3 is 19.0 Å². The van der Waals surface area contributed by atoms with E-state index in [0.717, 1.165) is 5.75 Å². The van der Waals surface area contributed by atoms with E-state index in [2.05, 4.69) is 31.9 Å². The van der Waals surface area contributed by atoms with Crippen LogP contribution in [0.4, 0.5) is 0 Å². The number of fused-ring (bicyclic) bond motifs is 1. The Balaban J connectivity index is 0.00000109. The fourth-order valence-electron chi connectivity index (χ4n) is 2.05. The van der Waals surface area contributed by atoms with Crippen molar-refractivity contribution in [2.45, 2.75) is 13.8 Å². The lowest BCUT2D eigenvalue weighted by molar-refractivity contribution is 0.0665. The van der Waals surface area contributed by atoms with Crippen molar-refractivity contribution in [1.82, 2.24) is 0 Å². The van der Waals surface area contributed by atoms with Gasteiger partial charge in [-0.3, -0.25) is 0 Å². The quantitative estimate of drug-likeness (QED) is 0.471. The van der Waals surface area contributed by atoms with Gasteiger partial charge in [-0.2, -0.15) is 0 Å². The van der Waals surface area contributed by atoms with Gasteiger partial charge >= 0.3 is 5.97 Å². The Morgan fingerprint density at radius 2 is 1.68 bits per heavy atom. The van der Waals surface area contributed by atoms with Crippen LogP contribution in [0, 0.1) is 0 Å². The molecule has 1 N–H and O–H groups in total. The third-order valence-electron chi connectivity index (χ3n) is 3.16. The molecule has 0 aliphatic carbocycles. The molecule has 7 heteroatoms. The second-order valence-corrected chi connectivity index (χ2v) is 6.25. The molecule has 3 rings (SSSR count). The molecular weight excluding hydrogens is 456 g/mol. The summed E-state index contributed by atoms with van der Waals surface area (Å²) in [6, 6.07) is 10.3. The molecular formula is C18H16Br2O5. The number of benzene rings is 2. The molecule has 0 bridgehead atoms. The average Bonchev–Trinajstić information content (AvgIpc) is 3.05. The van der Waals surface area contributed by atoms with E-state index in [1.54, 1.807) is 37.4 Å². The number of halogens is 2. The molecule has 0 radical (unpaired) electrons. The van der Waals surface area contributed by atoms with E-state index in [1.807, 2.05) is 13.8 Å². The highest BCUT2D eigenvalue weighted by molar-refractivity contribution is 9.11. The second kappa shape index (κ2) is 8.40. The van der Waals surface area contributed by atoms with Crippen LogP contribution in [0.3, 0.4) is 0 Å². The molecule has 0 fully saturated rings. The zero-order valence-corrected chi connectivity index (χ0v) is 17.0. The van der Waals surface area contributed by atoms with Gasteiger partial charge in [-0.05, 0) is 62.2 Å². The molecule has 0 amide bonds. The van der Waals surface area contributed by atoms with Gasteiger partial charge in [0.15, 0.2) is 5.75 Å². The van der Waals surface area contributed by atoms with Crippen LogP contribution in [0.25, 0.3) is 11.0 Å². The Labute approximate surface area is 161 Å². The van der Waals surface area contributed by atoms with Crippen LogP contribution < -0.4 is 9.47 Å². The second-order valence-electron chi connectivity index (χ2n) is 4.61. The summed E-state index contributed by atoms with van der Waals surface area (Å²) in [5, 5.41) is 9.66. The number of methoxy groups -OCH3 is 1. The summed E-state index contributed by atoms with van der Waals surface area (Å²) in [6.45, 7) is 4.00. The molecule has 132 valence electrons. The molecule has 0 atom stereocenters. The van der Waals surface area contributed by atoms with E-state index in [0.29, 0.717) is 31.4 Å². The molecule has 5 nitrogen and oxygen atoms in total. The van der Waals surface area contributed by atoms with Crippen molar-refractivity contribution in [2.24, 2.45) is 0 Å². The highest BCUT2D eigenvalue weighted by Crippen LogP contribution is 2.43. The number of rotatable bonds is 4. The molecule has 0 saturated carbocycles. The number of carbonyl (C=O) groups is 1. The van der Waals surface area contributed by atoms with Crippen LogP contribution in [0.2, 0.25) is 0 Å². The molecule has 25 heavy (non-hydrogen) atoms. The van der Waals surface area contributed by atoms with Gasteiger partial charge in [-0.1, -0.05) is 13.8 Å². The Kier molecular flexibility index (Phi) is 6.50. The highest BCUT2D eigenvalue weighted by Gasteiger charge is 2.18. The van der Waals surface area contributed by atoms with Crippen molar-refractivity contribution < 1.29 is 23.8 Å². The van der Waals surface area contributed by atoms with Crippen LogP contribution in [0.15, 0.2) is 49.8 Å². The first-order valence-corrected chi connectivity index (χ1v) is 9.05. The van der Waals surface area contributed by atoms with Crippen molar-refractivity contribution in [2.75, 3.05) is 7.11 Å². The van der Waals surface area contributed by atoms with Gasteiger partial charge in [0.1, 0.15) is 17.1 Å². The van der Waals surface area contributed by atoms with Gasteiger partial charge in [0.2, 0.25) is 5.76 Å². The maximum absolute atomic E-state index is 11.0. The smallest absolute Gasteiger partial charge is 0.371 e. The summed E-state index contributed by atoms with van der Waals surface area (Å²) < 4.78 is 17.5. The first-order valence-electron chi connectivity index (χ1n) is 7.46. The number of ether oxygens (including phenoxy) is 2. The van der Waals surface area contributed by atoms with E-state index in [4.69, 9.17) is 19.0 Å². The number of hydrogen-bond donors (Lipinski definition) is 1. The first kappa shape index (κ1) is 19.3.